The molecule has 7 heteroatoms. The monoisotopic (exact) mass is 490 g/mol. The van der Waals surface area contributed by atoms with Crippen LogP contribution in [0.3, 0.4) is 0 Å². The summed E-state index contributed by atoms with van der Waals surface area (Å²) >= 11 is 6.17. The molecule has 1 aliphatic heterocycles. The van der Waals surface area contributed by atoms with Crippen molar-refractivity contribution < 1.29 is 19.5 Å². The highest BCUT2D eigenvalue weighted by molar-refractivity contribution is 6.33. The van der Waals surface area contributed by atoms with Crippen molar-refractivity contribution >= 4 is 29.4 Å². The molecule has 180 valence electrons. The molecule has 35 heavy (non-hydrogen) atoms. The van der Waals surface area contributed by atoms with Crippen LogP contribution in [0.25, 0.3) is 11.1 Å². The van der Waals surface area contributed by atoms with Gasteiger partial charge in [-0.1, -0.05) is 78.3 Å². The predicted octanol–water partition coefficient (Wildman–Crippen LogP) is 4.67. The Hall–Kier alpha value is -3.64. The third-order valence-corrected chi connectivity index (χ3v) is 6.63. The molecule has 0 spiro atoms. The van der Waals surface area contributed by atoms with Gasteiger partial charge in [-0.2, -0.15) is 0 Å². The Balaban J connectivity index is 1.39. The fourth-order valence-corrected chi connectivity index (χ4v) is 4.59. The molecule has 2 amide bonds. The van der Waals surface area contributed by atoms with Gasteiger partial charge in [0.1, 0.15) is 6.04 Å². The van der Waals surface area contributed by atoms with Crippen LogP contribution in [0.4, 0.5) is 0 Å². The molecule has 6 nitrogen and oxygen atoms in total. The molecule has 1 saturated heterocycles. The number of nitrogens with zero attached hydrogens (tertiary/aromatic N) is 1. The highest BCUT2D eigenvalue weighted by Crippen LogP contribution is 2.23. The third kappa shape index (κ3) is 6.08. The molecule has 3 aromatic rings. The van der Waals surface area contributed by atoms with Crippen molar-refractivity contribution in [3.8, 4) is 11.1 Å². The number of halogens is 1. The van der Waals surface area contributed by atoms with Gasteiger partial charge in [-0.05, 0) is 41.7 Å². The maximum atomic E-state index is 13.0. The van der Waals surface area contributed by atoms with Gasteiger partial charge < -0.3 is 15.3 Å². The lowest BCUT2D eigenvalue weighted by molar-refractivity contribution is -0.142. The van der Waals surface area contributed by atoms with Gasteiger partial charge in [-0.15, -0.1) is 0 Å². The molecule has 1 heterocycles. The summed E-state index contributed by atoms with van der Waals surface area (Å²) in [6, 6.07) is 23.4. The van der Waals surface area contributed by atoms with Crippen LogP contribution in [-0.4, -0.2) is 46.9 Å². The highest BCUT2D eigenvalue weighted by Gasteiger charge is 2.31. The van der Waals surface area contributed by atoms with E-state index >= 15 is 0 Å². The summed E-state index contributed by atoms with van der Waals surface area (Å²) in [6.07, 6.45) is 1.42. The van der Waals surface area contributed by atoms with Gasteiger partial charge in [-0.25, -0.2) is 4.79 Å². The van der Waals surface area contributed by atoms with E-state index in [0.717, 1.165) is 16.7 Å². The number of nitrogens with one attached hydrogen (secondary N) is 1. The lowest BCUT2D eigenvalue weighted by atomic mass is 9.95. The van der Waals surface area contributed by atoms with Gasteiger partial charge in [0.05, 0.1) is 16.5 Å². The number of rotatable bonds is 7. The van der Waals surface area contributed by atoms with E-state index in [-0.39, 0.29) is 24.8 Å². The summed E-state index contributed by atoms with van der Waals surface area (Å²) in [5, 5.41) is 12.8. The zero-order chi connectivity index (χ0) is 24.8. The van der Waals surface area contributed by atoms with Crippen molar-refractivity contribution in [3.05, 3.63) is 95.0 Å². The molecule has 0 saturated carbocycles. The number of piperidine rings is 1. The number of aliphatic carboxylic acids is 1. The first kappa shape index (κ1) is 24.5. The Kier molecular flexibility index (Phi) is 7.83. The van der Waals surface area contributed by atoms with Crippen LogP contribution >= 0.6 is 11.6 Å². The van der Waals surface area contributed by atoms with Crippen LogP contribution < -0.4 is 5.32 Å². The maximum Gasteiger partial charge on any atom is 0.326 e. The van der Waals surface area contributed by atoms with Crippen molar-refractivity contribution in [1.29, 1.82) is 0 Å². The Morgan fingerprint density at radius 3 is 2.29 bits per heavy atom. The Bertz CT molecular complexity index is 1200. The predicted molar refractivity (Wildman–Crippen MR) is 135 cm³/mol. The Morgan fingerprint density at radius 1 is 0.943 bits per heavy atom. The number of carbonyl (C=O) groups excluding carboxylic acids is 2. The van der Waals surface area contributed by atoms with Crippen LogP contribution in [-0.2, 0) is 16.0 Å². The first-order valence-corrected chi connectivity index (χ1v) is 12.0. The van der Waals surface area contributed by atoms with Crippen molar-refractivity contribution in [2.24, 2.45) is 5.92 Å². The second-order valence-corrected chi connectivity index (χ2v) is 9.14. The lowest BCUT2D eigenvalue weighted by Gasteiger charge is -2.33. The number of amides is 2. The second-order valence-electron chi connectivity index (χ2n) is 8.74. The summed E-state index contributed by atoms with van der Waals surface area (Å²) in [4.78, 5) is 39.4. The van der Waals surface area contributed by atoms with Gasteiger partial charge >= 0.3 is 5.97 Å². The maximum absolute atomic E-state index is 13.0. The molecule has 3 aromatic carbocycles. The van der Waals surface area contributed by atoms with Crippen molar-refractivity contribution in [1.82, 2.24) is 10.2 Å². The fourth-order valence-electron chi connectivity index (χ4n) is 4.37. The fraction of sp³-hybridized carbons (Fsp3) is 0.250. The number of benzene rings is 3. The number of carbonyl (C=O) groups is 3. The van der Waals surface area contributed by atoms with E-state index in [9.17, 15) is 19.5 Å². The van der Waals surface area contributed by atoms with E-state index < -0.39 is 17.9 Å². The zero-order valence-electron chi connectivity index (χ0n) is 19.2. The highest BCUT2D eigenvalue weighted by atomic mass is 35.5. The van der Waals surface area contributed by atoms with Crippen LogP contribution in [0.5, 0.6) is 0 Å². The molecule has 1 fully saturated rings. The third-order valence-electron chi connectivity index (χ3n) is 6.30. The molecule has 1 aliphatic rings. The first-order valence-electron chi connectivity index (χ1n) is 11.6. The number of carboxylic acid groups (broad SMARTS) is 1. The van der Waals surface area contributed by atoms with E-state index in [4.69, 9.17) is 11.6 Å². The average molecular weight is 491 g/mol. The average Bonchev–Trinajstić information content (AvgIpc) is 2.89. The SMILES string of the molecule is O=C(N[C@@H](Cc1ccc(-c2ccccc2)cc1)C(=O)O)C1CCCN(C(=O)c2ccccc2Cl)C1. The normalized spacial score (nSPS) is 16.4. The van der Waals surface area contributed by atoms with Gasteiger partial charge in [0, 0.05) is 19.5 Å². The summed E-state index contributed by atoms with van der Waals surface area (Å²) in [7, 11) is 0. The van der Waals surface area contributed by atoms with Gasteiger partial charge in [0.2, 0.25) is 5.91 Å². The summed E-state index contributed by atoms with van der Waals surface area (Å²) in [5.41, 5.74) is 3.33. The van der Waals surface area contributed by atoms with Crippen molar-refractivity contribution in [2.45, 2.75) is 25.3 Å². The van der Waals surface area contributed by atoms with Crippen molar-refractivity contribution in [2.75, 3.05) is 13.1 Å². The Morgan fingerprint density at radius 2 is 1.60 bits per heavy atom. The molecule has 0 aliphatic carbocycles. The minimum Gasteiger partial charge on any atom is -0.480 e. The molecular formula is C28H27ClN2O4. The van der Waals surface area contributed by atoms with Crippen molar-refractivity contribution in [3.63, 3.8) is 0 Å². The number of likely N-dealkylation sites (tertiary alicyclic amines) is 1. The van der Waals surface area contributed by atoms with Gasteiger partial charge in [0.25, 0.3) is 5.91 Å². The van der Waals surface area contributed by atoms with Crippen LogP contribution in [0.2, 0.25) is 5.02 Å². The largest absolute Gasteiger partial charge is 0.480 e. The second kappa shape index (κ2) is 11.2. The zero-order valence-corrected chi connectivity index (χ0v) is 19.9. The van der Waals surface area contributed by atoms with Crippen LogP contribution in [0.1, 0.15) is 28.8 Å². The quantitative estimate of drug-likeness (QED) is 0.504. The minimum absolute atomic E-state index is 0.172. The van der Waals surface area contributed by atoms with Crippen LogP contribution in [0.15, 0.2) is 78.9 Å². The molecular weight excluding hydrogens is 464 g/mol. The van der Waals surface area contributed by atoms with Gasteiger partial charge in [0.15, 0.2) is 0 Å². The number of carboxylic acids is 1. The smallest absolute Gasteiger partial charge is 0.326 e. The Labute approximate surface area is 209 Å². The van der Waals surface area contributed by atoms with Crippen LogP contribution in [0, 0.1) is 5.92 Å². The minimum atomic E-state index is -1.09. The summed E-state index contributed by atoms with van der Waals surface area (Å²) in [5.74, 6) is -2.14. The van der Waals surface area contributed by atoms with Gasteiger partial charge in [-0.3, -0.25) is 9.59 Å². The van der Waals surface area contributed by atoms with E-state index in [1.807, 2.05) is 54.6 Å². The summed E-state index contributed by atoms with van der Waals surface area (Å²) in [6.45, 7) is 0.762. The molecule has 2 atom stereocenters. The van der Waals surface area contributed by atoms with E-state index in [0.29, 0.717) is 30.0 Å². The van der Waals surface area contributed by atoms with E-state index in [1.54, 1.807) is 29.2 Å². The topological polar surface area (TPSA) is 86.7 Å². The molecule has 0 bridgehead atoms. The molecule has 4 rings (SSSR count). The van der Waals surface area contributed by atoms with E-state index in [1.165, 1.54) is 0 Å². The standard InChI is InChI=1S/C28H27ClN2O4/c29-24-11-5-4-10-23(24)27(33)31-16-6-9-22(18-31)26(32)30-25(28(34)35)17-19-12-14-21(15-13-19)20-7-2-1-3-8-20/h1-5,7-8,10-15,22,25H,6,9,16-18H2,(H,30,32)(H,34,35)/t22?,25-/m0/s1. The number of hydrogen-bond acceptors (Lipinski definition) is 3. The molecule has 2 N–H and O–H groups in total. The lowest BCUT2D eigenvalue weighted by Crippen LogP contribution is -2.50. The summed E-state index contributed by atoms with van der Waals surface area (Å²) < 4.78 is 0. The first-order chi connectivity index (χ1) is 16.9. The molecule has 0 aromatic heterocycles. The molecule has 0 radical (unpaired) electrons. The molecule has 1 unspecified atom stereocenters. The van der Waals surface area contributed by atoms with E-state index in [2.05, 4.69) is 5.32 Å². The number of hydrogen-bond donors (Lipinski definition) is 2.